The smallest absolute Gasteiger partial charge is 0.404 e. The Bertz CT molecular complexity index is 792. The van der Waals surface area contributed by atoms with Crippen LogP contribution in [0, 0.1) is 0 Å². The number of anilines is 1. The van der Waals surface area contributed by atoms with Gasteiger partial charge in [-0.15, -0.1) is 0 Å². The molecule has 0 unspecified atom stereocenters. The van der Waals surface area contributed by atoms with E-state index in [9.17, 15) is 9.59 Å². The number of carboxylic acid groups (broad SMARTS) is 1. The van der Waals surface area contributed by atoms with Crippen LogP contribution in [-0.2, 0) is 13.0 Å². The summed E-state index contributed by atoms with van der Waals surface area (Å²) in [6.07, 6.45) is 0.690. The summed E-state index contributed by atoms with van der Waals surface area (Å²) < 4.78 is 0. The van der Waals surface area contributed by atoms with Crippen LogP contribution in [0.25, 0.3) is 0 Å². The van der Waals surface area contributed by atoms with Crippen molar-refractivity contribution in [3.05, 3.63) is 64.2 Å². The number of halogens is 1. The largest absolute Gasteiger partial charge is 0.465 e. The molecule has 124 valence electrons. The van der Waals surface area contributed by atoms with E-state index in [0.717, 1.165) is 29.7 Å². The molecule has 1 aliphatic rings. The first kappa shape index (κ1) is 16.3. The van der Waals surface area contributed by atoms with E-state index < -0.39 is 6.09 Å². The normalized spacial score (nSPS) is 13.3. The molecule has 2 aromatic rings. The van der Waals surface area contributed by atoms with E-state index in [1.165, 1.54) is 0 Å². The molecule has 1 aliphatic heterocycles. The predicted molar refractivity (Wildman–Crippen MR) is 92.8 cm³/mol. The topological polar surface area (TPSA) is 69.6 Å². The van der Waals surface area contributed by atoms with Crippen molar-refractivity contribution in [3.63, 3.8) is 0 Å². The Morgan fingerprint density at radius 1 is 1.21 bits per heavy atom. The molecule has 0 saturated carbocycles. The Hall–Kier alpha value is -2.53. The quantitative estimate of drug-likeness (QED) is 0.892. The molecule has 0 aliphatic carbocycles. The molecule has 0 bridgehead atoms. The Morgan fingerprint density at radius 3 is 2.79 bits per heavy atom. The second-order valence-electron chi connectivity index (χ2n) is 5.69. The van der Waals surface area contributed by atoms with Crippen LogP contribution in [0.1, 0.15) is 27.9 Å². The van der Waals surface area contributed by atoms with Gasteiger partial charge in [-0.25, -0.2) is 4.79 Å². The summed E-state index contributed by atoms with van der Waals surface area (Å²) in [6, 6.07) is 12.6. The molecule has 0 atom stereocenters. The van der Waals surface area contributed by atoms with Gasteiger partial charge < -0.3 is 15.3 Å². The van der Waals surface area contributed by atoms with Crippen LogP contribution in [-0.4, -0.2) is 23.7 Å². The molecular weight excluding hydrogens is 328 g/mol. The molecule has 3 rings (SSSR count). The number of aryl methyl sites for hydroxylation is 1. The molecule has 2 aromatic carbocycles. The second kappa shape index (κ2) is 6.93. The minimum Gasteiger partial charge on any atom is -0.465 e. The maximum atomic E-state index is 12.8. The van der Waals surface area contributed by atoms with Gasteiger partial charge in [-0.3, -0.25) is 4.79 Å². The summed E-state index contributed by atoms with van der Waals surface area (Å²) in [7, 11) is 0. The first-order chi connectivity index (χ1) is 11.5. The SMILES string of the molecule is O=C(O)NCc1ccc2c(c1)CCCN2C(=O)c1cccc(Cl)c1. The van der Waals surface area contributed by atoms with E-state index in [0.29, 0.717) is 17.1 Å². The number of carbonyl (C=O) groups excluding carboxylic acids is 1. The van der Waals surface area contributed by atoms with E-state index in [1.807, 2.05) is 18.2 Å². The lowest BCUT2D eigenvalue weighted by molar-refractivity contribution is 0.0985. The minimum atomic E-state index is -1.05. The van der Waals surface area contributed by atoms with E-state index in [-0.39, 0.29) is 12.5 Å². The first-order valence-corrected chi connectivity index (χ1v) is 8.08. The average molecular weight is 345 g/mol. The van der Waals surface area contributed by atoms with Gasteiger partial charge in [0.25, 0.3) is 5.91 Å². The average Bonchev–Trinajstić information content (AvgIpc) is 2.58. The van der Waals surface area contributed by atoms with Gasteiger partial charge in [0, 0.05) is 29.4 Å². The van der Waals surface area contributed by atoms with Gasteiger partial charge in [-0.1, -0.05) is 29.8 Å². The number of hydrogen-bond acceptors (Lipinski definition) is 2. The fraction of sp³-hybridized carbons (Fsp3) is 0.222. The molecule has 5 nitrogen and oxygen atoms in total. The Kier molecular flexibility index (Phi) is 4.71. The van der Waals surface area contributed by atoms with E-state index in [1.54, 1.807) is 29.2 Å². The zero-order chi connectivity index (χ0) is 17.1. The lowest BCUT2D eigenvalue weighted by Gasteiger charge is -2.30. The van der Waals surface area contributed by atoms with Crippen molar-refractivity contribution in [3.8, 4) is 0 Å². The summed E-state index contributed by atoms with van der Waals surface area (Å²) in [4.78, 5) is 25.2. The first-order valence-electron chi connectivity index (χ1n) is 7.70. The minimum absolute atomic E-state index is 0.0742. The lowest BCUT2D eigenvalue weighted by atomic mass is 9.98. The maximum Gasteiger partial charge on any atom is 0.404 e. The number of carbonyl (C=O) groups is 2. The third kappa shape index (κ3) is 3.51. The monoisotopic (exact) mass is 344 g/mol. The van der Waals surface area contributed by atoms with Crippen molar-refractivity contribution in [1.82, 2.24) is 5.32 Å². The number of rotatable bonds is 3. The molecule has 0 radical (unpaired) electrons. The highest BCUT2D eigenvalue weighted by molar-refractivity contribution is 6.31. The van der Waals surface area contributed by atoms with Gasteiger partial charge in [0.05, 0.1) is 0 Å². The van der Waals surface area contributed by atoms with Crippen LogP contribution in [0.3, 0.4) is 0 Å². The highest BCUT2D eigenvalue weighted by Gasteiger charge is 2.23. The third-order valence-electron chi connectivity index (χ3n) is 4.02. The highest BCUT2D eigenvalue weighted by Crippen LogP contribution is 2.29. The van der Waals surface area contributed by atoms with Crippen LogP contribution in [0.5, 0.6) is 0 Å². The van der Waals surface area contributed by atoms with Crippen molar-refractivity contribution in [1.29, 1.82) is 0 Å². The zero-order valence-corrected chi connectivity index (χ0v) is 13.7. The van der Waals surface area contributed by atoms with Crippen LogP contribution in [0.2, 0.25) is 5.02 Å². The standard InChI is InChI=1S/C18H17ClN2O3/c19-15-5-1-3-14(10-15)17(22)21-8-2-4-13-9-12(6-7-16(13)21)11-20-18(23)24/h1,3,5-7,9-10,20H,2,4,8,11H2,(H,23,24). The Morgan fingerprint density at radius 2 is 2.04 bits per heavy atom. The highest BCUT2D eigenvalue weighted by atomic mass is 35.5. The van der Waals surface area contributed by atoms with Crippen molar-refractivity contribution in [2.24, 2.45) is 0 Å². The van der Waals surface area contributed by atoms with Crippen molar-refractivity contribution >= 4 is 29.3 Å². The van der Waals surface area contributed by atoms with Crippen molar-refractivity contribution < 1.29 is 14.7 Å². The zero-order valence-electron chi connectivity index (χ0n) is 13.0. The molecule has 6 heteroatoms. The summed E-state index contributed by atoms with van der Waals surface area (Å²) in [5.41, 5.74) is 3.38. The number of amides is 2. The predicted octanol–water partition coefficient (Wildman–Crippen LogP) is 3.70. The summed E-state index contributed by atoms with van der Waals surface area (Å²) in [5, 5.41) is 11.6. The summed E-state index contributed by atoms with van der Waals surface area (Å²) >= 11 is 5.98. The molecule has 24 heavy (non-hydrogen) atoms. The number of hydrogen-bond donors (Lipinski definition) is 2. The summed E-state index contributed by atoms with van der Waals surface area (Å²) in [5.74, 6) is -0.0742. The van der Waals surface area contributed by atoms with Gasteiger partial charge in [0.2, 0.25) is 0 Å². The molecule has 0 fully saturated rings. The molecule has 0 spiro atoms. The lowest BCUT2D eigenvalue weighted by Crippen LogP contribution is -2.35. The maximum absolute atomic E-state index is 12.8. The van der Waals surface area contributed by atoms with E-state index in [2.05, 4.69) is 5.32 Å². The fourth-order valence-electron chi connectivity index (χ4n) is 2.93. The second-order valence-corrected chi connectivity index (χ2v) is 6.13. The van der Waals surface area contributed by atoms with Gasteiger partial charge in [0.15, 0.2) is 0 Å². The molecule has 0 aromatic heterocycles. The Balaban J connectivity index is 1.86. The number of benzene rings is 2. The van der Waals surface area contributed by atoms with Crippen LogP contribution in [0.15, 0.2) is 42.5 Å². The third-order valence-corrected chi connectivity index (χ3v) is 4.26. The van der Waals surface area contributed by atoms with Crippen LogP contribution < -0.4 is 10.2 Å². The number of nitrogens with zero attached hydrogens (tertiary/aromatic N) is 1. The van der Waals surface area contributed by atoms with Gasteiger partial charge in [-0.2, -0.15) is 0 Å². The van der Waals surface area contributed by atoms with Crippen LogP contribution in [0.4, 0.5) is 10.5 Å². The molecule has 1 heterocycles. The van der Waals surface area contributed by atoms with Crippen LogP contribution >= 0.6 is 11.6 Å². The molecule has 0 saturated heterocycles. The molecule has 2 amide bonds. The van der Waals surface area contributed by atoms with E-state index >= 15 is 0 Å². The Labute approximate surface area is 144 Å². The number of nitrogens with one attached hydrogen (secondary N) is 1. The molecular formula is C18H17ClN2O3. The van der Waals surface area contributed by atoms with Gasteiger partial charge in [0.1, 0.15) is 0 Å². The molecule has 2 N–H and O–H groups in total. The summed E-state index contributed by atoms with van der Waals surface area (Å²) in [6.45, 7) is 0.913. The van der Waals surface area contributed by atoms with E-state index in [4.69, 9.17) is 16.7 Å². The van der Waals surface area contributed by atoms with Gasteiger partial charge in [-0.05, 0) is 48.2 Å². The van der Waals surface area contributed by atoms with Crippen molar-refractivity contribution in [2.45, 2.75) is 19.4 Å². The fourth-order valence-corrected chi connectivity index (χ4v) is 3.12. The van der Waals surface area contributed by atoms with Gasteiger partial charge >= 0.3 is 6.09 Å². The van der Waals surface area contributed by atoms with Crippen molar-refractivity contribution in [2.75, 3.05) is 11.4 Å². The number of fused-ring (bicyclic) bond motifs is 1.